The summed E-state index contributed by atoms with van der Waals surface area (Å²) in [6.07, 6.45) is 1.18. The fourth-order valence-electron chi connectivity index (χ4n) is 2.64. The molecule has 2 heterocycles. The molecule has 4 heteroatoms. The molecule has 2 N–H and O–H groups in total. The van der Waals surface area contributed by atoms with Crippen molar-refractivity contribution in [1.29, 1.82) is 0 Å². The molecule has 1 aromatic heterocycles. The van der Waals surface area contributed by atoms with E-state index in [4.69, 9.17) is 0 Å². The fourth-order valence-corrected chi connectivity index (χ4v) is 2.64. The number of nitrogens with zero attached hydrogens (tertiary/aromatic N) is 2. The van der Waals surface area contributed by atoms with Gasteiger partial charge in [-0.2, -0.15) is 5.10 Å². The second-order valence-corrected chi connectivity index (χ2v) is 5.29. The first-order valence-corrected chi connectivity index (χ1v) is 6.84. The first-order valence-electron chi connectivity index (χ1n) is 6.84. The van der Waals surface area contributed by atoms with Gasteiger partial charge in [0.2, 0.25) is 0 Å². The number of aryl methyl sites for hydroxylation is 1. The van der Waals surface area contributed by atoms with Crippen molar-refractivity contribution in [1.82, 2.24) is 15.1 Å². The minimum atomic E-state index is 0.506. The number of aromatic nitrogens is 2. The van der Waals surface area contributed by atoms with Gasteiger partial charge in [0, 0.05) is 37.4 Å². The van der Waals surface area contributed by atoms with Gasteiger partial charge in [-0.25, -0.2) is 0 Å². The van der Waals surface area contributed by atoms with Crippen molar-refractivity contribution in [3.8, 4) is 0 Å². The number of anilines is 1. The topological polar surface area (TPSA) is 44.0 Å². The van der Waals surface area contributed by atoms with Gasteiger partial charge in [0.1, 0.15) is 5.82 Å². The molecule has 0 aliphatic carbocycles. The van der Waals surface area contributed by atoms with Crippen molar-refractivity contribution in [2.45, 2.75) is 25.9 Å². The van der Waals surface area contributed by atoms with Crippen LogP contribution in [0.2, 0.25) is 0 Å². The zero-order chi connectivity index (χ0) is 13.1. The Balaban J connectivity index is 1.53. The molecule has 1 saturated heterocycles. The number of rotatable bonds is 4. The van der Waals surface area contributed by atoms with Crippen molar-refractivity contribution in [2.75, 3.05) is 18.4 Å². The van der Waals surface area contributed by atoms with Crippen molar-refractivity contribution in [3.05, 3.63) is 47.7 Å². The number of H-pyrrole nitrogens is 1. The average Bonchev–Trinajstić information content (AvgIpc) is 3.01. The van der Waals surface area contributed by atoms with E-state index in [2.05, 4.69) is 56.8 Å². The molecular weight excluding hydrogens is 236 g/mol. The Morgan fingerprint density at radius 1 is 1.37 bits per heavy atom. The van der Waals surface area contributed by atoms with Gasteiger partial charge in [-0.1, -0.05) is 30.3 Å². The summed E-state index contributed by atoms with van der Waals surface area (Å²) < 4.78 is 0. The summed E-state index contributed by atoms with van der Waals surface area (Å²) in [5, 5.41) is 10.7. The highest BCUT2D eigenvalue weighted by Crippen LogP contribution is 2.17. The molecule has 0 amide bonds. The van der Waals surface area contributed by atoms with Gasteiger partial charge in [-0.3, -0.25) is 10.00 Å². The van der Waals surface area contributed by atoms with Gasteiger partial charge in [0.25, 0.3) is 0 Å². The molecule has 1 aromatic carbocycles. The van der Waals surface area contributed by atoms with E-state index in [0.717, 1.165) is 31.1 Å². The fraction of sp³-hybridized carbons (Fsp3) is 0.400. The minimum Gasteiger partial charge on any atom is -0.365 e. The van der Waals surface area contributed by atoms with Gasteiger partial charge in [-0.15, -0.1) is 0 Å². The number of likely N-dealkylation sites (tertiary alicyclic amines) is 1. The lowest BCUT2D eigenvalue weighted by atomic mass is 10.2. The van der Waals surface area contributed by atoms with Crippen LogP contribution in [-0.2, 0) is 6.54 Å². The predicted molar refractivity (Wildman–Crippen MR) is 77.1 cm³/mol. The van der Waals surface area contributed by atoms with Crippen LogP contribution in [0.15, 0.2) is 36.4 Å². The third-order valence-corrected chi connectivity index (χ3v) is 3.58. The molecule has 1 aliphatic heterocycles. The summed E-state index contributed by atoms with van der Waals surface area (Å²) in [6, 6.07) is 13.2. The molecule has 1 atom stereocenters. The third-order valence-electron chi connectivity index (χ3n) is 3.58. The Kier molecular flexibility index (Phi) is 3.51. The highest BCUT2D eigenvalue weighted by Gasteiger charge is 2.22. The first kappa shape index (κ1) is 12.2. The Morgan fingerprint density at radius 2 is 2.21 bits per heavy atom. The van der Waals surface area contributed by atoms with Gasteiger partial charge >= 0.3 is 0 Å². The molecule has 1 unspecified atom stereocenters. The van der Waals surface area contributed by atoms with E-state index in [-0.39, 0.29) is 0 Å². The summed E-state index contributed by atoms with van der Waals surface area (Å²) in [7, 11) is 0. The maximum Gasteiger partial charge on any atom is 0.148 e. The van der Waals surface area contributed by atoms with Crippen LogP contribution in [0.5, 0.6) is 0 Å². The van der Waals surface area contributed by atoms with E-state index in [1.165, 1.54) is 12.0 Å². The van der Waals surface area contributed by atoms with Crippen molar-refractivity contribution >= 4 is 5.82 Å². The number of aromatic amines is 1. The molecule has 1 aliphatic rings. The molecule has 1 fully saturated rings. The van der Waals surface area contributed by atoms with Crippen LogP contribution in [0.1, 0.15) is 17.7 Å². The highest BCUT2D eigenvalue weighted by atomic mass is 15.2. The van der Waals surface area contributed by atoms with E-state index >= 15 is 0 Å². The van der Waals surface area contributed by atoms with Crippen LogP contribution >= 0.6 is 0 Å². The average molecular weight is 256 g/mol. The molecule has 0 saturated carbocycles. The standard InChI is InChI=1S/C15H20N4/c1-12-9-15(18-17-12)16-14-7-8-19(11-14)10-13-5-3-2-4-6-13/h2-6,9,14H,7-8,10-11H2,1H3,(H2,16,17,18). The largest absolute Gasteiger partial charge is 0.365 e. The van der Waals surface area contributed by atoms with Crippen LogP contribution in [0.3, 0.4) is 0 Å². The summed E-state index contributed by atoms with van der Waals surface area (Å²) in [5.74, 6) is 0.962. The molecule has 19 heavy (non-hydrogen) atoms. The van der Waals surface area contributed by atoms with Gasteiger partial charge in [0.15, 0.2) is 0 Å². The normalized spacial score (nSPS) is 19.7. The number of benzene rings is 1. The molecule has 4 nitrogen and oxygen atoms in total. The number of nitrogens with one attached hydrogen (secondary N) is 2. The Morgan fingerprint density at radius 3 is 2.95 bits per heavy atom. The van der Waals surface area contributed by atoms with E-state index in [1.54, 1.807) is 0 Å². The maximum absolute atomic E-state index is 4.23. The number of hydrogen-bond acceptors (Lipinski definition) is 3. The summed E-state index contributed by atoms with van der Waals surface area (Å²) in [5.41, 5.74) is 2.49. The molecule has 0 bridgehead atoms. The van der Waals surface area contributed by atoms with Crippen LogP contribution in [0.25, 0.3) is 0 Å². The number of hydrogen-bond donors (Lipinski definition) is 2. The second kappa shape index (κ2) is 5.45. The molecule has 100 valence electrons. The lowest BCUT2D eigenvalue weighted by Gasteiger charge is -2.16. The van der Waals surface area contributed by atoms with E-state index < -0.39 is 0 Å². The van der Waals surface area contributed by atoms with Crippen molar-refractivity contribution < 1.29 is 0 Å². The SMILES string of the molecule is Cc1cc(NC2CCN(Cc3ccccc3)C2)n[nH]1. The monoisotopic (exact) mass is 256 g/mol. The van der Waals surface area contributed by atoms with Crippen LogP contribution in [0.4, 0.5) is 5.82 Å². The quantitative estimate of drug-likeness (QED) is 0.883. The van der Waals surface area contributed by atoms with Crippen LogP contribution in [0, 0.1) is 6.92 Å². The zero-order valence-corrected chi connectivity index (χ0v) is 11.3. The van der Waals surface area contributed by atoms with E-state index in [1.807, 2.05) is 6.92 Å². The molecule has 0 spiro atoms. The summed E-state index contributed by atoms with van der Waals surface area (Å²) in [4.78, 5) is 2.49. The Bertz CT molecular complexity index is 520. The molecule has 0 radical (unpaired) electrons. The zero-order valence-electron chi connectivity index (χ0n) is 11.3. The lowest BCUT2D eigenvalue weighted by molar-refractivity contribution is 0.328. The minimum absolute atomic E-state index is 0.506. The lowest BCUT2D eigenvalue weighted by Crippen LogP contribution is -2.26. The van der Waals surface area contributed by atoms with Crippen molar-refractivity contribution in [2.24, 2.45) is 0 Å². The Hall–Kier alpha value is -1.81. The first-order chi connectivity index (χ1) is 9.29. The third kappa shape index (κ3) is 3.15. The highest BCUT2D eigenvalue weighted by molar-refractivity contribution is 5.36. The summed E-state index contributed by atoms with van der Waals surface area (Å²) >= 11 is 0. The van der Waals surface area contributed by atoms with E-state index in [0.29, 0.717) is 6.04 Å². The maximum atomic E-state index is 4.23. The predicted octanol–water partition coefficient (Wildman–Crippen LogP) is 2.40. The molecular formula is C15H20N4. The van der Waals surface area contributed by atoms with Crippen LogP contribution in [-0.4, -0.2) is 34.2 Å². The smallest absolute Gasteiger partial charge is 0.148 e. The van der Waals surface area contributed by atoms with Gasteiger partial charge in [-0.05, 0) is 18.9 Å². The van der Waals surface area contributed by atoms with Crippen molar-refractivity contribution in [3.63, 3.8) is 0 Å². The van der Waals surface area contributed by atoms with E-state index in [9.17, 15) is 0 Å². The van der Waals surface area contributed by atoms with Gasteiger partial charge < -0.3 is 5.32 Å². The summed E-state index contributed by atoms with van der Waals surface area (Å²) in [6.45, 7) is 5.30. The molecule has 2 aromatic rings. The second-order valence-electron chi connectivity index (χ2n) is 5.29. The molecule has 3 rings (SSSR count). The van der Waals surface area contributed by atoms with Crippen LogP contribution < -0.4 is 5.32 Å². The van der Waals surface area contributed by atoms with Gasteiger partial charge in [0.05, 0.1) is 0 Å². The Labute approximate surface area is 113 Å².